The van der Waals surface area contributed by atoms with Gasteiger partial charge in [-0.25, -0.2) is 0 Å². The Hall–Kier alpha value is -1.03. The maximum Gasteiger partial charge on any atom is 0.0625 e. The van der Waals surface area contributed by atoms with Gasteiger partial charge in [0.25, 0.3) is 0 Å². The predicted octanol–water partition coefficient (Wildman–Crippen LogP) is 2.81. The molecule has 0 aliphatic rings. The summed E-state index contributed by atoms with van der Waals surface area (Å²) >= 11 is 0. The van der Waals surface area contributed by atoms with Crippen LogP contribution in [-0.4, -0.2) is 0 Å². The van der Waals surface area contributed by atoms with Gasteiger partial charge in [-0.1, -0.05) is 18.2 Å². The van der Waals surface area contributed by atoms with Gasteiger partial charge in [-0.15, -0.1) is 6.58 Å². The maximum absolute atomic E-state index is 8.23. The summed E-state index contributed by atoms with van der Waals surface area (Å²) in [6, 6.07) is 2.09. The van der Waals surface area contributed by atoms with Crippen LogP contribution >= 0.6 is 0 Å². The Morgan fingerprint density at radius 2 is 2.20 bits per heavy atom. The fraction of sp³-hybridized carbons (Fsp3) is 0.444. The van der Waals surface area contributed by atoms with Crippen LogP contribution in [0.5, 0.6) is 0 Å². The van der Waals surface area contributed by atoms with E-state index >= 15 is 0 Å². The largest absolute Gasteiger partial charge is 0.198 e. The summed E-state index contributed by atoms with van der Waals surface area (Å²) in [6.07, 6.45) is 5.26. The summed E-state index contributed by atoms with van der Waals surface area (Å²) < 4.78 is 0. The lowest BCUT2D eigenvalue weighted by Crippen LogP contribution is -1.79. The first kappa shape index (κ1) is 8.97. The molecular weight excluding hydrogens is 122 g/mol. The normalized spacial score (nSPS) is 8.30. The molecule has 0 aromatic heterocycles. The van der Waals surface area contributed by atoms with Crippen molar-refractivity contribution >= 4 is 0 Å². The van der Waals surface area contributed by atoms with Gasteiger partial charge >= 0.3 is 0 Å². The summed E-state index contributed by atoms with van der Waals surface area (Å²) in [7, 11) is 0. The van der Waals surface area contributed by atoms with Crippen LogP contribution in [0, 0.1) is 11.3 Å². The Bertz CT molecular complexity index is 151. The van der Waals surface area contributed by atoms with Crippen molar-refractivity contribution in [3.8, 4) is 6.07 Å². The summed E-state index contributed by atoms with van der Waals surface area (Å²) in [6.45, 7) is 7.44. The average molecular weight is 135 g/mol. The molecule has 1 heteroatoms. The molecule has 0 N–H and O–H groups in total. The lowest BCUT2D eigenvalue weighted by Gasteiger charge is -1.97. The van der Waals surface area contributed by atoms with Gasteiger partial charge in [0.1, 0.15) is 0 Å². The van der Waals surface area contributed by atoms with Gasteiger partial charge in [-0.3, -0.25) is 0 Å². The lowest BCUT2D eigenvalue weighted by atomic mass is 10.1. The van der Waals surface area contributed by atoms with Crippen molar-refractivity contribution in [1.29, 1.82) is 5.26 Å². The van der Waals surface area contributed by atoms with Gasteiger partial charge in [0.15, 0.2) is 0 Å². The average Bonchev–Trinajstić information content (AvgIpc) is 1.97. The van der Waals surface area contributed by atoms with Crippen LogP contribution < -0.4 is 0 Å². The number of hydrogen-bond donors (Lipinski definition) is 0. The Morgan fingerprint density at radius 1 is 1.50 bits per heavy atom. The molecule has 0 atom stereocenters. The molecule has 10 heavy (non-hydrogen) atoms. The van der Waals surface area contributed by atoms with E-state index in [9.17, 15) is 0 Å². The van der Waals surface area contributed by atoms with Gasteiger partial charge in [0.05, 0.1) is 6.07 Å². The van der Waals surface area contributed by atoms with Crippen LogP contribution in [-0.2, 0) is 0 Å². The minimum Gasteiger partial charge on any atom is -0.198 e. The van der Waals surface area contributed by atoms with Crippen LogP contribution in [0.4, 0.5) is 0 Å². The summed E-state index contributed by atoms with van der Waals surface area (Å²) in [5.41, 5.74) is 1.15. The van der Waals surface area contributed by atoms with Gasteiger partial charge in [0.2, 0.25) is 0 Å². The zero-order valence-electron chi connectivity index (χ0n) is 6.27. The summed E-state index contributed by atoms with van der Waals surface area (Å²) in [5, 5.41) is 8.23. The van der Waals surface area contributed by atoms with Gasteiger partial charge in [-0.2, -0.15) is 5.26 Å². The molecule has 0 amide bonds. The molecule has 0 aliphatic heterocycles. The van der Waals surface area contributed by atoms with Crippen LogP contribution in [0.1, 0.15) is 25.7 Å². The third-order valence-electron chi connectivity index (χ3n) is 1.29. The van der Waals surface area contributed by atoms with Crippen molar-refractivity contribution in [1.82, 2.24) is 0 Å². The smallest absolute Gasteiger partial charge is 0.0625 e. The van der Waals surface area contributed by atoms with E-state index < -0.39 is 0 Å². The van der Waals surface area contributed by atoms with Crippen molar-refractivity contribution in [2.75, 3.05) is 0 Å². The Balaban J connectivity index is 3.27. The van der Waals surface area contributed by atoms with E-state index in [1.807, 2.05) is 6.08 Å². The lowest BCUT2D eigenvalue weighted by molar-refractivity contribution is 0.876. The van der Waals surface area contributed by atoms with E-state index in [0.717, 1.165) is 24.8 Å². The Labute approximate surface area is 62.7 Å². The van der Waals surface area contributed by atoms with Crippen LogP contribution in [0.3, 0.4) is 0 Å². The van der Waals surface area contributed by atoms with Gasteiger partial charge in [-0.05, 0) is 19.3 Å². The van der Waals surface area contributed by atoms with E-state index in [2.05, 4.69) is 19.2 Å². The van der Waals surface area contributed by atoms with E-state index in [-0.39, 0.29) is 0 Å². The van der Waals surface area contributed by atoms with Crippen LogP contribution in [0.25, 0.3) is 0 Å². The molecule has 0 unspecified atom stereocenters. The minimum absolute atomic E-state index is 0.593. The highest BCUT2D eigenvalue weighted by molar-refractivity contribution is 4.97. The molecule has 0 saturated carbocycles. The Morgan fingerprint density at radius 3 is 2.70 bits per heavy atom. The highest BCUT2D eigenvalue weighted by atomic mass is 14.2. The zero-order chi connectivity index (χ0) is 7.82. The second-order valence-corrected chi connectivity index (χ2v) is 2.24. The highest BCUT2D eigenvalue weighted by Gasteiger charge is 1.90. The quantitative estimate of drug-likeness (QED) is 0.532. The molecule has 0 radical (unpaired) electrons. The maximum atomic E-state index is 8.23. The molecule has 0 saturated heterocycles. The SMILES string of the molecule is C=CCCC(=C)CCC#N. The molecule has 1 nitrogen and oxygen atoms in total. The molecule has 0 spiro atoms. The van der Waals surface area contributed by atoms with Crippen LogP contribution in [0.15, 0.2) is 24.8 Å². The minimum atomic E-state index is 0.593. The molecule has 54 valence electrons. The van der Waals surface area contributed by atoms with Crippen molar-refractivity contribution in [3.05, 3.63) is 24.8 Å². The standard InChI is InChI=1S/C9H13N/c1-3-4-6-9(2)7-5-8-10/h3H,1-2,4-7H2. The monoisotopic (exact) mass is 135 g/mol. The fourth-order valence-electron chi connectivity index (χ4n) is 0.664. The first-order valence-electron chi connectivity index (χ1n) is 3.45. The third-order valence-corrected chi connectivity index (χ3v) is 1.29. The zero-order valence-corrected chi connectivity index (χ0v) is 6.27. The third kappa shape index (κ3) is 5.11. The van der Waals surface area contributed by atoms with Gasteiger partial charge < -0.3 is 0 Å². The van der Waals surface area contributed by atoms with Crippen molar-refractivity contribution in [2.24, 2.45) is 0 Å². The second kappa shape index (κ2) is 6.10. The predicted molar refractivity (Wildman–Crippen MR) is 43.4 cm³/mol. The number of hydrogen-bond acceptors (Lipinski definition) is 1. The van der Waals surface area contributed by atoms with E-state index in [4.69, 9.17) is 5.26 Å². The molecule has 0 bridgehead atoms. The molecular formula is C9H13N. The van der Waals surface area contributed by atoms with Crippen molar-refractivity contribution in [3.63, 3.8) is 0 Å². The molecule has 0 heterocycles. The Kier molecular flexibility index (Phi) is 5.47. The first-order chi connectivity index (χ1) is 4.81. The molecule has 0 aromatic rings. The highest BCUT2D eigenvalue weighted by Crippen LogP contribution is 2.08. The van der Waals surface area contributed by atoms with Crippen molar-refractivity contribution < 1.29 is 0 Å². The van der Waals surface area contributed by atoms with E-state index in [1.54, 1.807) is 0 Å². The van der Waals surface area contributed by atoms with Crippen LogP contribution in [0.2, 0.25) is 0 Å². The van der Waals surface area contributed by atoms with Crippen molar-refractivity contribution in [2.45, 2.75) is 25.7 Å². The van der Waals surface area contributed by atoms with E-state index in [0.29, 0.717) is 6.42 Å². The molecule has 0 fully saturated rings. The topological polar surface area (TPSA) is 23.8 Å². The second-order valence-electron chi connectivity index (χ2n) is 2.24. The number of rotatable bonds is 5. The molecule has 0 aliphatic carbocycles. The summed E-state index contributed by atoms with van der Waals surface area (Å²) in [5.74, 6) is 0. The number of allylic oxidation sites excluding steroid dienone is 2. The van der Waals surface area contributed by atoms with E-state index in [1.165, 1.54) is 0 Å². The first-order valence-corrected chi connectivity index (χ1v) is 3.45. The fourth-order valence-corrected chi connectivity index (χ4v) is 0.664. The number of nitriles is 1. The number of nitrogens with zero attached hydrogens (tertiary/aromatic N) is 1. The molecule has 0 aromatic carbocycles. The van der Waals surface area contributed by atoms with Gasteiger partial charge in [0, 0.05) is 6.42 Å². The molecule has 0 rings (SSSR count). The summed E-state index contributed by atoms with van der Waals surface area (Å²) in [4.78, 5) is 0.